The number of carboxylic acid groups (broad SMARTS) is 1. The minimum Gasteiger partial charge on any atom is -0.480 e. The van der Waals surface area contributed by atoms with Crippen LogP contribution in [0.5, 0.6) is 0 Å². The van der Waals surface area contributed by atoms with Crippen molar-refractivity contribution in [2.24, 2.45) is 22.9 Å². The quantitative estimate of drug-likeness (QED) is 0.0958. The van der Waals surface area contributed by atoms with Crippen LogP contribution in [0, 0.1) is 0 Å². The van der Waals surface area contributed by atoms with E-state index in [9.17, 15) is 33.9 Å². The predicted octanol–water partition coefficient (Wildman–Crippen LogP) is -4.89. The number of carboxylic acids is 1. The summed E-state index contributed by atoms with van der Waals surface area (Å²) in [5.41, 5.74) is 21.1. The average Bonchev–Trinajstić information content (AvgIpc) is 2.70. The number of nitrogens with one attached hydrogen (secondary N) is 3. The molecule has 15 heteroatoms. The fourth-order valence-electron chi connectivity index (χ4n) is 2.60. The van der Waals surface area contributed by atoms with Gasteiger partial charge in [0, 0.05) is 0 Å². The Bertz CT molecular complexity index is 731. The topological polar surface area (TPSA) is 283 Å². The summed E-state index contributed by atoms with van der Waals surface area (Å²) in [4.78, 5) is 71.1. The molecule has 0 saturated carbocycles. The third-order valence-electron chi connectivity index (χ3n) is 4.46. The van der Waals surface area contributed by atoms with Gasteiger partial charge in [-0.15, -0.1) is 0 Å². The van der Waals surface area contributed by atoms with E-state index >= 15 is 0 Å². The zero-order valence-electron chi connectivity index (χ0n) is 18.3. The molecule has 5 amide bonds. The van der Waals surface area contributed by atoms with Crippen molar-refractivity contribution in [3.8, 4) is 0 Å². The van der Waals surface area contributed by atoms with Crippen molar-refractivity contribution in [2.45, 2.75) is 69.3 Å². The van der Waals surface area contributed by atoms with Gasteiger partial charge in [0.15, 0.2) is 0 Å². The van der Waals surface area contributed by atoms with Gasteiger partial charge in [-0.1, -0.05) is 0 Å². The molecule has 0 aliphatic carbocycles. The van der Waals surface area contributed by atoms with Crippen LogP contribution in [0.15, 0.2) is 0 Å². The van der Waals surface area contributed by atoms with Gasteiger partial charge in [0.2, 0.25) is 29.5 Å². The molecule has 5 atom stereocenters. The highest BCUT2D eigenvalue weighted by atomic mass is 16.4. The third kappa shape index (κ3) is 11.8. The van der Waals surface area contributed by atoms with Gasteiger partial charge in [0.1, 0.15) is 24.2 Å². The summed E-state index contributed by atoms with van der Waals surface area (Å²) in [6, 6.07) is -5.85. The number of aliphatic carboxylic acids is 1. The Morgan fingerprint density at radius 1 is 0.788 bits per heavy atom. The number of carbonyl (C=O) groups is 6. The van der Waals surface area contributed by atoms with Crippen molar-refractivity contribution in [3.63, 3.8) is 0 Å². The van der Waals surface area contributed by atoms with Gasteiger partial charge in [-0.25, -0.2) is 4.79 Å². The van der Waals surface area contributed by atoms with Crippen molar-refractivity contribution < 1.29 is 39.0 Å². The lowest BCUT2D eigenvalue weighted by atomic mass is 10.1. The number of nitrogens with two attached hydrogens (primary N) is 4. The van der Waals surface area contributed by atoms with E-state index in [1.807, 2.05) is 5.32 Å². The highest BCUT2D eigenvalue weighted by Gasteiger charge is 2.32. The average molecular weight is 476 g/mol. The molecular formula is C18H33N7O8. The fourth-order valence-corrected chi connectivity index (χ4v) is 2.60. The Morgan fingerprint density at radius 2 is 1.24 bits per heavy atom. The van der Waals surface area contributed by atoms with Crippen LogP contribution >= 0.6 is 0 Å². The van der Waals surface area contributed by atoms with Crippen LogP contribution in [0.3, 0.4) is 0 Å². The zero-order chi connectivity index (χ0) is 25.7. The Kier molecular flexibility index (Phi) is 13.2. The lowest BCUT2D eigenvalue weighted by Crippen LogP contribution is -2.58. The monoisotopic (exact) mass is 475 g/mol. The maximum Gasteiger partial charge on any atom is 0.326 e. The zero-order valence-corrected chi connectivity index (χ0v) is 18.3. The Labute approximate surface area is 190 Å². The number of hydrogen-bond acceptors (Lipinski definition) is 9. The molecule has 0 aromatic heterocycles. The van der Waals surface area contributed by atoms with Crippen LogP contribution in [-0.4, -0.2) is 82.5 Å². The molecule has 0 heterocycles. The van der Waals surface area contributed by atoms with Crippen LogP contribution in [0.1, 0.15) is 39.0 Å². The van der Waals surface area contributed by atoms with Crippen LogP contribution in [0.2, 0.25) is 0 Å². The molecule has 0 bridgehead atoms. The number of rotatable bonds is 16. The van der Waals surface area contributed by atoms with Crippen molar-refractivity contribution in [1.82, 2.24) is 16.0 Å². The van der Waals surface area contributed by atoms with E-state index in [0.29, 0.717) is 19.4 Å². The van der Waals surface area contributed by atoms with Gasteiger partial charge < -0.3 is 49.1 Å². The van der Waals surface area contributed by atoms with E-state index in [0.717, 1.165) is 0 Å². The maximum absolute atomic E-state index is 12.8. The van der Waals surface area contributed by atoms with E-state index in [1.165, 1.54) is 6.92 Å². The molecule has 33 heavy (non-hydrogen) atoms. The Morgan fingerprint density at radius 3 is 1.70 bits per heavy atom. The number of amides is 5. The molecule has 0 aromatic carbocycles. The summed E-state index contributed by atoms with van der Waals surface area (Å²) < 4.78 is 0. The Hall–Kier alpha value is -3.30. The minimum atomic E-state index is -1.70. The lowest BCUT2D eigenvalue weighted by Gasteiger charge is -2.25. The standard InChI is InChI=1S/C18H33N7O8/c1-8(26)14(22)17(31)23-9(4-2-3-5-19)15(29)24-10(6-12(20)27)16(30)25-11(18(32)33)7-13(21)28/h8-11,14,26H,2-7,19,22H2,1H3,(H2,20,27)(H2,21,28)(H,23,31)(H,24,29)(H,25,30)(H,32,33). The molecule has 0 aromatic rings. The van der Waals surface area contributed by atoms with E-state index in [2.05, 4.69) is 10.6 Å². The highest BCUT2D eigenvalue weighted by Crippen LogP contribution is 2.05. The fraction of sp³-hybridized carbons (Fsp3) is 0.667. The first kappa shape index (κ1) is 29.7. The summed E-state index contributed by atoms with van der Waals surface area (Å²) in [7, 11) is 0. The van der Waals surface area contributed by atoms with Crippen LogP contribution in [0.25, 0.3) is 0 Å². The highest BCUT2D eigenvalue weighted by molar-refractivity contribution is 5.96. The molecule has 13 N–H and O–H groups in total. The summed E-state index contributed by atoms with van der Waals surface area (Å²) in [6.07, 6.45) is -1.62. The molecular weight excluding hydrogens is 442 g/mol. The van der Waals surface area contributed by atoms with Crippen LogP contribution < -0.4 is 38.9 Å². The maximum atomic E-state index is 12.8. The summed E-state index contributed by atoms with van der Waals surface area (Å²) >= 11 is 0. The van der Waals surface area contributed by atoms with E-state index in [1.54, 1.807) is 0 Å². The molecule has 0 radical (unpaired) electrons. The molecule has 188 valence electrons. The van der Waals surface area contributed by atoms with Gasteiger partial charge in [-0.05, 0) is 32.7 Å². The molecule has 0 fully saturated rings. The van der Waals surface area contributed by atoms with Crippen molar-refractivity contribution in [2.75, 3.05) is 6.54 Å². The third-order valence-corrected chi connectivity index (χ3v) is 4.46. The molecule has 0 spiro atoms. The van der Waals surface area contributed by atoms with Gasteiger partial charge in [0.25, 0.3) is 0 Å². The number of unbranched alkanes of at least 4 members (excludes halogenated alkanes) is 1. The Balaban J connectivity index is 5.55. The molecule has 5 unspecified atom stereocenters. The normalized spacial score (nSPS) is 15.3. The van der Waals surface area contributed by atoms with Gasteiger partial charge in [-0.3, -0.25) is 24.0 Å². The number of primary amides is 2. The van der Waals surface area contributed by atoms with Crippen molar-refractivity contribution >= 4 is 35.5 Å². The van der Waals surface area contributed by atoms with E-state index < -0.39 is 78.6 Å². The van der Waals surface area contributed by atoms with Crippen molar-refractivity contribution in [1.29, 1.82) is 0 Å². The second kappa shape index (κ2) is 14.7. The second-order valence-corrected chi connectivity index (χ2v) is 7.41. The first-order valence-corrected chi connectivity index (χ1v) is 10.1. The minimum absolute atomic E-state index is 0.0889. The summed E-state index contributed by atoms with van der Waals surface area (Å²) in [5, 5.41) is 25.2. The first-order valence-electron chi connectivity index (χ1n) is 10.1. The number of aliphatic hydroxyl groups excluding tert-OH is 1. The predicted molar refractivity (Wildman–Crippen MR) is 114 cm³/mol. The molecule has 0 aliphatic rings. The first-order chi connectivity index (χ1) is 15.3. The number of aliphatic hydroxyl groups is 1. The van der Waals surface area contributed by atoms with E-state index in [4.69, 9.17) is 28.0 Å². The lowest BCUT2D eigenvalue weighted by molar-refractivity contribution is -0.144. The molecule has 0 rings (SSSR count). The smallest absolute Gasteiger partial charge is 0.326 e. The summed E-state index contributed by atoms with van der Waals surface area (Å²) in [6.45, 7) is 1.60. The molecule has 15 nitrogen and oxygen atoms in total. The van der Waals surface area contributed by atoms with Crippen LogP contribution in [-0.2, 0) is 28.8 Å². The number of hydrogen-bond donors (Lipinski definition) is 9. The van der Waals surface area contributed by atoms with Crippen molar-refractivity contribution in [3.05, 3.63) is 0 Å². The van der Waals surface area contributed by atoms with Gasteiger partial charge in [0.05, 0.1) is 18.9 Å². The second-order valence-electron chi connectivity index (χ2n) is 7.41. The molecule has 0 saturated heterocycles. The van der Waals surface area contributed by atoms with Gasteiger partial charge >= 0.3 is 5.97 Å². The van der Waals surface area contributed by atoms with Gasteiger partial charge in [-0.2, -0.15) is 0 Å². The summed E-state index contributed by atoms with van der Waals surface area (Å²) in [5.74, 6) is -6.39. The number of carbonyl (C=O) groups excluding carboxylic acids is 5. The van der Waals surface area contributed by atoms with E-state index in [-0.39, 0.29) is 6.42 Å². The largest absolute Gasteiger partial charge is 0.480 e. The van der Waals surface area contributed by atoms with Crippen LogP contribution in [0.4, 0.5) is 0 Å². The SMILES string of the molecule is CC(O)C(N)C(=O)NC(CCCCN)C(=O)NC(CC(N)=O)C(=O)NC(CC(N)=O)C(=O)O. The molecule has 0 aliphatic heterocycles.